The molecule has 0 spiro atoms. The summed E-state index contributed by atoms with van der Waals surface area (Å²) in [6.45, 7) is 5.30. The fourth-order valence-corrected chi connectivity index (χ4v) is 3.80. The molecule has 1 heterocycles. The molecule has 1 unspecified atom stereocenters. The van der Waals surface area contributed by atoms with E-state index in [2.05, 4.69) is 48.8 Å². The Bertz CT molecular complexity index is 1110. The van der Waals surface area contributed by atoms with E-state index in [1.54, 1.807) is 45.0 Å². The van der Waals surface area contributed by atoms with Gasteiger partial charge in [0.2, 0.25) is 0 Å². The third-order valence-corrected chi connectivity index (χ3v) is 6.54. The molecule has 1 amide bonds. The molecule has 1 aromatic heterocycles. The van der Waals surface area contributed by atoms with Gasteiger partial charge in [0.1, 0.15) is 11.4 Å². The van der Waals surface area contributed by atoms with Crippen LogP contribution in [0.15, 0.2) is 46.9 Å². The first kappa shape index (κ1) is 22.5. The molecule has 0 radical (unpaired) electrons. The van der Waals surface area contributed by atoms with Crippen molar-refractivity contribution in [2.45, 2.75) is 38.8 Å². The average Bonchev–Trinajstić information content (AvgIpc) is 3.02. The zero-order chi connectivity index (χ0) is 22.1. The molecule has 9 heteroatoms. The van der Waals surface area contributed by atoms with Crippen molar-refractivity contribution >= 4 is 61.7 Å². The number of alkyl carbamates (subject to hydrolysis) is 1. The van der Waals surface area contributed by atoms with Gasteiger partial charge in [-0.05, 0) is 89.1 Å². The second-order valence-corrected chi connectivity index (χ2v) is 9.74. The number of hydrogen-bond acceptors (Lipinski definition) is 4. The van der Waals surface area contributed by atoms with Crippen molar-refractivity contribution in [3.8, 4) is 0 Å². The van der Waals surface area contributed by atoms with E-state index in [1.165, 1.54) is 0 Å². The molecular formula is C21H21BrIN3O4. The molecule has 3 aromatic rings. The maximum absolute atomic E-state index is 12.5. The quantitative estimate of drug-likeness (QED) is 0.381. The molecular weight excluding hydrogens is 565 g/mol. The molecule has 0 saturated carbocycles. The van der Waals surface area contributed by atoms with Gasteiger partial charge in [-0.15, -0.1) is 0 Å². The van der Waals surface area contributed by atoms with Gasteiger partial charge in [-0.3, -0.25) is 0 Å². The lowest BCUT2D eigenvalue weighted by Crippen LogP contribution is -2.37. The van der Waals surface area contributed by atoms with Crippen LogP contribution < -0.4 is 5.32 Å². The maximum Gasteiger partial charge on any atom is 0.417 e. The first-order chi connectivity index (χ1) is 14.0. The van der Waals surface area contributed by atoms with Gasteiger partial charge in [-0.2, -0.15) is 0 Å². The number of benzene rings is 2. The Hall–Kier alpha value is -2.14. The highest BCUT2D eigenvalue weighted by Crippen LogP contribution is 2.27. The fraction of sp³-hybridized carbons (Fsp3) is 0.286. The van der Waals surface area contributed by atoms with E-state index in [0.29, 0.717) is 17.5 Å². The van der Waals surface area contributed by atoms with Gasteiger partial charge in [-0.25, -0.2) is 19.1 Å². The number of para-hydroxylation sites is 2. The number of hydrogen-bond donors (Lipinski definition) is 2. The normalized spacial score (nSPS) is 12.6. The number of carbonyl (C=O) groups excluding carboxylic acids is 1. The van der Waals surface area contributed by atoms with E-state index < -0.39 is 23.8 Å². The molecule has 0 fully saturated rings. The van der Waals surface area contributed by atoms with E-state index in [1.807, 2.05) is 18.2 Å². The van der Waals surface area contributed by atoms with E-state index >= 15 is 0 Å². The Kier molecular flexibility index (Phi) is 6.71. The number of carbonyl (C=O) groups is 2. The smallest absolute Gasteiger partial charge is 0.417 e. The SMILES string of the molecule is CC(C)(C)OC(=O)NC(Cc1ccc(I)c(Br)c1)c1nc2ccccc2n1C(=O)O. The van der Waals surface area contributed by atoms with Crippen LogP contribution in [0.1, 0.15) is 38.2 Å². The van der Waals surface area contributed by atoms with E-state index in [-0.39, 0.29) is 5.82 Å². The summed E-state index contributed by atoms with van der Waals surface area (Å²) in [5, 5.41) is 12.6. The number of amides is 1. The minimum absolute atomic E-state index is 0.226. The number of aromatic nitrogens is 2. The second kappa shape index (κ2) is 8.93. The highest BCUT2D eigenvalue weighted by molar-refractivity contribution is 14.1. The van der Waals surface area contributed by atoms with Gasteiger partial charge in [0, 0.05) is 14.5 Å². The fourth-order valence-electron chi connectivity index (χ4n) is 3.04. The van der Waals surface area contributed by atoms with Crippen LogP contribution in [0.4, 0.5) is 9.59 Å². The standard InChI is InChI=1S/C21H21BrIN3O4/c1-21(2,3)30-19(27)25-16(11-12-8-9-14(23)13(22)10-12)18-24-15-6-4-5-7-17(15)26(18)20(28)29/h4-10,16H,11H2,1-3H3,(H,25,27)(H,28,29). The van der Waals surface area contributed by atoms with Crippen LogP contribution in [0.25, 0.3) is 11.0 Å². The van der Waals surface area contributed by atoms with E-state index in [4.69, 9.17) is 4.74 Å². The predicted octanol–water partition coefficient (Wildman–Crippen LogP) is 5.74. The molecule has 0 aliphatic rings. The van der Waals surface area contributed by atoms with Crippen LogP contribution in [-0.4, -0.2) is 32.4 Å². The van der Waals surface area contributed by atoms with Crippen molar-refractivity contribution in [3.05, 3.63) is 61.9 Å². The van der Waals surface area contributed by atoms with Gasteiger partial charge < -0.3 is 15.2 Å². The van der Waals surface area contributed by atoms with Crippen LogP contribution >= 0.6 is 38.5 Å². The number of ether oxygens (including phenoxy) is 1. The van der Waals surface area contributed by atoms with Crippen LogP contribution in [0.5, 0.6) is 0 Å². The first-order valence-electron chi connectivity index (χ1n) is 9.19. The second-order valence-electron chi connectivity index (χ2n) is 7.73. The van der Waals surface area contributed by atoms with E-state index in [9.17, 15) is 14.7 Å². The van der Waals surface area contributed by atoms with Crippen molar-refractivity contribution < 1.29 is 19.4 Å². The number of rotatable bonds is 4. The van der Waals surface area contributed by atoms with Crippen molar-refractivity contribution in [1.82, 2.24) is 14.9 Å². The summed E-state index contributed by atoms with van der Waals surface area (Å²) in [6.07, 6.45) is -1.47. The highest BCUT2D eigenvalue weighted by Gasteiger charge is 2.27. The topological polar surface area (TPSA) is 93.5 Å². The molecule has 2 N–H and O–H groups in total. The highest BCUT2D eigenvalue weighted by atomic mass is 127. The summed E-state index contributed by atoms with van der Waals surface area (Å²) in [6, 6.07) is 12.1. The van der Waals surface area contributed by atoms with Crippen LogP contribution in [0, 0.1) is 3.57 Å². The number of imidazole rings is 1. The number of halogens is 2. The summed E-state index contributed by atoms with van der Waals surface area (Å²) >= 11 is 5.73. The number of carboxylic acid groups (broad SMARTS) is 1. The van der Waals surface area contributed by atoms with Crippen LogP contribution in [0.3, 0.4) is 0 Å². The lowest BCUT2D eigenvalue weighted by molar-refractivity contribution is 0.0500. The minimum atomic E-state index is -1.17. The molecule has 3 rings (SSSR count). The predicted molar refractivity (Wildman–Crippen MR) is 126 cm³/mol. The van der Waals surface area contributed by atoms with Gasteiger partial charge >= 0.3 is 12.2 Å². The number of nitrogens with zero attached hydrogens (tertiary/aromatic N) is 2. The Labute approximate surface area is 196 Å². The number of fused-ring (bicyclic) bond motifs is 1. The lowest BCUT2D eigenvalue weighted by atomic mass is 10.1. The minimum Gasteiger partial charge on any atom is -0.464 e. The Morgan fingerprint density at radius 1 is 1.27 bits per heavy atom. The molecule has 0 saturated heterocycles. The average molecular weight is 586 g/mol. The Morgan fingerprint density at radius 2 is 1.97 bits per heavy atom. The zero-order valence-electron chi connectivity index (χ0n) is 16.6. The first-order valence-corrected chi connectivity index (χ1v) is 11.1. The maximum atomic E-state index is 12.5. The van der Waals surface area contributed by atoms with Crippen LogP contribution in [-0.2, 0) is 11.2 Å². The molecule has 0 aliphatic carbocycles. The summed E-state index contributed by atoms with van der Waals surface area (Å²) in [5.41, 5.74) is 1.22. The molecule has 158 valence electrons. The number of nitrogens with one attached hydrogen (secondary N) is 1. The molecule has 1 atom stereocenters. The van der Waals surface area contributed by atoms with E-state index in [0.717, 1.165) is 18.2 Å². The van der Waals surface area contributed by atoms with Crippen molar-refractivity contribution in [2.75, 3.05) is 0 Å². The van der Waals surface area contributed by atoms with Crippen molar-refractivity contribution in [1.29, 1.82) is 0 Å². The van der Waals surface area contributed by atoms with Crippen molar-refractivity contribution in [2.24, 2.45) is 0 Å². The third kappa shape index (κ3) is 5.31. The Balaban J connectivity index is 2.05. The summed E-state index contributed by atoms with van der Waals surface area (Å²) < 4.78 is 8.48. The Morgan fingerprint density at radius 3 is 2.60 bits per heavy atom. The zero-order valence-corrected chi connectivity index (χ0v) is 20.4. The lowest BCUT2D eigenvalue weighted by Gasteiger charge is -2.23. The molecule has 0 aliphatic heterocycles. The van der Waals surface area contributed by atoms with Gasteiger partial charge in [-0.1, -0.05) is 18.2 Å². The molecule has 30 heavy (non-hydrogen) atoms. The van der Waals surface area contributed by atoms with Gasteiger partial charge in [0.25, 0.3) is 0 Å². The molecule has 0 bridgehead atoms. The summed E-state index contributed by atoms with van der Waals surface area (Å²) in [4.78, 5) is 29.1. The third-order valence-electron chi connectivity index (χ3n) is 4.20. The molecule has 7 nitrogen and oxygen atoms in total. The summed E-state index contributed by atoms with van der Waals surface area (Å²) in [7, 11) is 0. The van der Waals surface area contributed by atoms with Crippen LogP contribution in [0.2, 0.25) is 0 Å². The summed E-state index contributed by atoms with van der Waals surface area (Å²) in [5.74, 6) is 0.226. The van der Waals surface area contributed by atoms with Crippen molar-refractivity contribution in [3.63, 3.8) is 0 Å². The van der Waals surface area contributed by atoms with Gasteiger partial charge in [0.05, 0.1) is 17.1 Å². The largest absolute Gasteiger partial charge is 0.464 e. The monoisotopic (exact) mass is 585 g/mol. The van der Waals surface area contributed by atoms with Gasteiger partial charge in [0.15, 0.2) is 0 Å². The molecule has 2 aromatic carbocycles.